The lowest BCUT2D eigenvalue weighted by molar-refractivity contribution is -0.143. The van der Waals surface area contributed by atoms with Crippen molar-refractivity contribution in [1.29, 1.82) is 0 Å². The smallest absolute Gasteiger partial charge is 0.417 e. The molecule has 5 nitrogen and oxygen atoms in total. The molecule has 3 aromatic rings. The maximum absolute atomic E-state index is 15.7. The number of rotatable bonds is 6. The average Bonchev–Trinajstić information content (AvgIpc) is 3.34. The Labute approximate surface area is 306 Å². The Balaban J connectivity index is 1.36. The van der Waals surface area contributed by atoms with Crippen molar-refractivity contribution in [3.63, 3.8) is 0 Å². The Morgan fingerprint density at radius 1 is 0.836 bits per heavy atom. The Kier molecular flexibility index (Phi) is 9.81. The van der Waals surface area contributed by atoms with E-state index in [-0.39, 0.29) is 36.6 Å². The van der Waals surface area contributed by atoms with Gasteiger partial charge in [0.15, 0.2) is 0 Å². The van der Waals surface area contributed by atoms with Gasteiger partial charge < -0.3 is 9.64 Å². The van der Waals surface area contributed by atoms with Crippen LogP contribution in [0.25, 0.3) is 16.7 Å². The van der Waals surface area contributed by atoms with Crippen molar-refractivity contribution in [1.82, 2.24) is 9.80 Å². The Morgan fingerprint density at radius 2 is 1.45 bits per heavy atom. The third-order valence-corrected chi connectivity index (χ3v) is 10.2. The lowest BCUT2D eigenvalue weighted by Crippen LogP contribution is -2.58. The molecule has 0 spiro atoms. The van der Waals surface area contributed by atoms with Crippen molar-refractivity contribution < 1.29 is 67.0 Å². The first kappa shape index (κ1) is 40.0. The first-order valence-electron chi connectivity index (χ1n) is 16.9. The number of alkyl halides is 11. The zero-order valence-electron chi connectivity index (χ0n) is 29.2. The Hall–Kier alpha value is -4.70. The molecule has 0 saturated carbocycles. The number of likely N-dealkylation sites (tertiary alicyclic amines) is 1. The van der Waals surface area contributed by atoms with Crippen molar-refractivity contribution in [2.45, 2.75) is 76.6 Å². The van der Waals surface area contributed by atoms with E-state index in [1.807, 2.05) is 13.8 Å². The highest BCUT2D eigenvalue weighted by Gasteiger charge is 2.47. The summed E-state index contributed by atoms with van der Waals surface area (Å²) in [4.78, 5) is 27.7. The standard InChI is InChI=1S/C38H32F12N2O3/c1-19-31(22-10-24(36(42,43)44)14-25(11-22)37(45,46)47)55-33(54)52(19)16-23-15-34(2,3)9-8-26(23)28-12-20(5-7-30(28)39)27-6-4-21(13-29(27)38(48,49)50)32(53)51-17-35(40,41)18-51/h4-7,10-14,19,31H,8-9,15-18H2,1-3H3. The first-order chi connectivity index (χ1) is 25.2. The van der Waals surface area contributed by atoms with Crippen molar-refractivity contribution in [3.8, 4) is 11.1 Å². The molecule has 0 bridgehead atoms. The highest BCUT2D eigenvalue weighted by Crippen LogP contribution is 2.47. The van der Waals surface area contributed by atoms with Gasteiger partial charge >= 0.3 is 24.6 Å². The SMILES string of the molecule is CC1C(c2cc(C(F)(F)F)cc(C(F)(F)F)c2)OC(=O)N1CC1=C(c2cc(-c3ccc(C(=O)N4CC(F)(F)C4)cc3C(F)(F)F)ccc2F)CCC(C)(C)C1. The van der Waals surface area contributed by atoms with Gasteiger partial charge in [0.05, 0.1) is 35.8 Å². The van der Waals surface area contributed by atoms with Gasteiger partial charge in [-0.25, -0.2) is 18.0 Å². The number of allylic oxidation sites excluding steroid dienone is 1. The van der Waals surface area contributed by atoms with Crippen LogP contribution in [0.1, 0.15) is 84.3 Å². The molecule has 296 valence electrons. The summed E-state index contributed by atoms with van der Waals surface area (Å²) < 4.78 is 173. The molecule has 2 saturated heterocycles. The summed E-state index contributed by atoms with van der Waals surface area (Å²) in [5, 5.41) is 0. The molecule has 55 heavy (non-hydrogen) atoms. The van der Waals surface area contributed by atoms with Crippen molar-refractivity contribution in [2.24, 2.45) is 5.41 Å². The van der Waals surface area contributed by atoms with Gasteiger partial charge in [-0.3, -0.25) is 9.69 Å². The predicted octanol–water partition coefficient (Wildman–Crippen LogP) is 11.2. The molecule has 17 heteroatoms. The van der Waals surface area contributed by atoms with Crippen LogP contribution in [0.4, 0.5) is 57.5 Å². The summed E-state index contributed by atoms with van der Waals surface area (Å²) in [6.45, 7) is 2.97. The molecule has 3 aliphatic rings. The average molecular weight is 793 g/mol. The third-order valence-electron chi connectivity index (χ3n) is 10.2. The number of hydrogen-bond donors (Lipinski definition) is 0. The lowest BCUT2D eigenvalue weighted by Gasteiger charge is -2.38. The molecule has 2 aliphatic heterocycles. The van der Waals surface area contributed by atoms with Crippen LogP contribution >= 0.6 is 0 Å². The van der Waals surface area contributed by atoms with E-state index in [1.54, 1.807) is 0 Å². The minimum absolute atomic E-state index is 0.0465. The van der Waals surface area contributed by atoms with E-state index in [0.717, 1.165) is 29.2 Å². The number of carbonyl (C=O) groups is 2. The van der Waals surface area contributed by atoms with E-state index in [0.29, 0.717) is 40.7 Å². The van der Waals surface area contributed by atoms with E-state index in [4.69, 9.17) is 4.74 Å². The quantitative estimate of drug-likeness (QED) is 0.234. The first-order valence-corrected chi connectivity index (χ1v) is 16.9. The fraction of sp³-hybridized carbons (Fsp3) is 0.421. The fourth-order valence-electron chi connectivity index (χ4n) is 7.32. The molecule has 0 N–H and O–H groups in total. The highest BCUT2D eigenvalue weighted by molar-refractivity contribution is 5.96. The van der Waals surface area contributed by atoms with Crippen LogP contribution in [-0.4, -0.2) is 53.4 Å². The van der Waals surface area contributed by atoms with Crippen molar-refractivity contribution in [2.75, 3.05) is 19.6 Å². The number of carbonyl (C=O) groups excluding carboxylic acids is 2. The molecule has 0 aromatic heterocycles. The molecule has 3 aromatic carbocycles. The molecule has 2 heterocycles. The van der Waals surface area contributed by atoms with Gasteiger partial charge in [-0.05, 0) is 102 Å². The fourth-order valence-corrected chi connectivity index (χ4v) is 7.32. The van der Waals surface area contributed by atoms with Crippen molar-refractivity contribution >= 4 is 17.6 Å². The second-order valence-electron chi connectivity index (χ2n) is 14.9. The number of ether oxygens (including phenoxy) is 1. The van der Waals surface area contributed by atoms with Crippen LogP contribution in [-0.2, 0) is 23.3 Å². The number of nitrogens with zero attached hydrogens (tertiary/aromatic N) is 2. The largest absolute Gasteiger partial charge is 0.439 e. The molecule has 2 atom stereocenters. The lowest BCUT2D eigenvalue weighted by atomic mass is 9.72. The van der Waals surface area contributed by atoms with Crippen LogP contribution in [0.15, 0.2) is 60.2 Å². The molecular weight excluding hydrogens is 760 g/mol. The van der Waals surface area contributed by atoms with E-state index in [1.165, 1.54) is 13.0 Å². The summed E-state index contributed by atoms with van der Waals surface area (Å²) >= 11 is 0. The van der Waals surface area contributed by atoms with Gasteiger partial charge in [0.1, 0.15) is 11.9 Å². The third kappa shape index (κ3) is 8.15. The predicted molar refractivity (Wildman–Crippen MR) is 174 cm³/mol. The normalized spacial score (nSPS) is 21.5. The topological polar surface area (TPSA) is 49.9 Å². The van der Waals surface area contributed by atoms with Gasteiger partial charge in [0.2, 0.25) is 0 Å². The van der Waals surface area contributed by atoms with Gasteiger partial charge in [-0.15, -0.1) is 0 Å². The van der Waals surface area contributed by atoms with Crippen LogP contribution in [0, 0.1) is 11.2 Å². The van der Waals surface area contributed by atoms with E-state index < -0.39 is 106 Å². The summed E-state index contributed by atoms with van der Waals surface area (Å²) in [6, 6.07) is 5.62. The summed E-state index contributed by atoms with van der Waals surface area (Å²) in [5.41, 5.74) is -5.78. The maximum atomic E-state index is 15.7. The molecule has 2 unspecified atom stereocenters. The number of halogens is 12. The van der Waals surface area contributed by atoms with Gasteiger partial charge in [0, 0.05) is 17.7 Å². The van der Waals surface area contributed by atoms with Crippen LogP contribution < -0.4 is 0 Å². The van der Waals surface area contributed by atoms with E-state index in [9.17, 15) is 57.9 Å². The monoisotopic (exact) mass is 792 g/mol. The summed E-state index contributed by atoms with van der Waals surface area (Å²) in [5.74, 6) is -4.99. The highest BCUT2D eigenvalue weighted by atomic mass is 19.4. The number of amides is 2. The molecular formula is C38H32F12N2O3. The summed E-state index contributed by atoms with van der Waals surface area (Å²) in [7, 11) is 0. The van der Waals surface area contributed by atoms with E-state index >= 15 is 4.39 Å². The molecule has 0 radical (unpaired) electrons. The number of hydrogen-bond acceptors (Lipinski definition) is 3. The maximum Gasteiger partial charge on any atom is 0.417 e. The molecule has 2 amide bonds. The summed E-state index contributed by atoms with van der Waals surface area (Å²) in [6.07, 6.45) is -17.0. The van der Waals surface area contributed by atoms with Gasteiger partial charge in [-0.1, -0.05) is 26.0 Å². The number of benzene rings is 3. The van der Waals surface area contributed by atoms with Crippen LogP contribution in [0.3, 0.4) is 0 Å². The number of cyclic esters (lactones) is 1. The molecule has 6 rings (SSSR count). The van der Waals surface area contributed by atoms with Gasteiger partial charge in [0.25, 0.3) is 11.8 Å². The van der Waals surface area contributed by atoms with Gasteiger partial charge in [-0.2, -0.15) is 39.5 Å². The molecule has 1 aliphatic carbocycles. The second-order valence-corrected chi connectivity index (χ2v) is 14.9. The van der Waals surface area contributed by atoms with Crippen LogP contribution in [0.5, 0.6) is 0 Å². The molecule has 2 fully saturated rings. The zero-order valence-corrected chi connectivity index (χ0v) is 29.2. The second kappa shape index (κ2) is 13.5. The van der Waals surface area contributed by atoms with E-state index in [2.05, 4.69) is 0 Å². The minimum atomic E-state index is -5.15. The van der Waals surface area contributed by atoms with Crippen LogP contribution in [0.2, 0.25) is 0 Å². The Morgan fingerprint density at radius 3 is 2.02 bits per heavy atom. The minimum Gasteiger partial charge on any atom is -0.439 e. The zero-order chi connectivity index (χ0) is 40.6. The van der Waals surface area contributed by atoms with Crippen molar-refractivity contribution in [3.05, 3.63) is 99.4 Å². The Bertz CT molecular complexity index is 2030.